The van der Waals surface area contributed by atoms with Crippen LogP contribution in [0.1, 0.15) is 51.6 Å². The van der Waals surface area contributed by atoms with Crippen LogP contribution in [0.3, 0.4) is 0 Å². The number of hydrogen-bond acceptors (Lipinski definition) is 3. The first-order valence-electron chi connectivity index (χ1n) is 6.71. The Hall–Kier alpha value is -1.68. The molecule has 19 heavy (non-hydrogen) atoms. The summed E-state index contributed by atoms with van der Waals surface area (Å²) in [7, 11) is 0. The van der Waals surface area contributed by atoms with Crippen molar-refractivity contribution < 1.29 is 9.59 Å². The van der Waals surface area contributed by atoms with Gasteiger partial charge in [-0.1, -0.05) is 25.5 Å². The van der Waals surface area contributed by atoms with Gasteiger partial charge in [0.15, 0.2) is 0 Å². The van der Waals surface area contributed by atoms with E-state index in [4.69, 9.17) is 5.73 Å². The lowest BCUT2D eigenvalue weighted by Crippen LogP contribution is -2.44. The van der Waals surface area contributed by atoms with E-state index in [-0.39, 0.29) is 17.9 Å². The van der Waals surface area contributed by atoms with E-state index in [0.717, 1.165) is 24.0 Å². The molecular formula is C15H20N2O2. The van der Waals surface area contributed by atoms with E-state index in [2.05, 4.69) is 0 Å². The Kier molecular flexibility index (Phi) is 3.71. The summed E-state index contributed by atoms with van der Waals surface area (Å²) in [6.45, 7) is 6.07. The average molecular weight is 260 g/mol. The van der Waals surface area contributed by atoms with Crippen LogP contribution < -0.4 is 5.73 Å². The number of benzene rings is 1. The zero-order valence-electron chi connectivity index (χ0n) is 11.7. The van der Waals surface area contributed by atoms with Crippen molar-refractivity contribution >= 4 is 11.8 Å². The quantitative estimate of drug-likeness (QED) is 0.842. The second kappa shape index (κ2) is 5.13. The van der Waals surface area contributed by atoms with Gasteiger partial charge in [0.2, 0.25) is 0 Å². The molecule has 1 aromatic carbocycles. The molecule has 0 radical (unpaired) electrons. The first-order chi connectivity index (χ1) is 9.02. The van der Waals surface area contributed by atoms with Crippen LogP contribution in [0.5, 0.6) is 0 Å². The Labute approximate surface area is 113 Å². The predicted molar refractivity (Wildman–Crippen MR) is 74.2 cm³/mol. The number of aryl methyl sites for hydroxylation is 2. The van der Waals surface area contributed by atoms with Gasteiger partial charge in [0.05, 0.1) is 17.2 Å². The highest BCUT2D eigenvalue weighted by Crippen LogP contribution is 2.30. The van der Waals surface area contributed by atoms with Gasteiger partial charge in [-0.2, -0.15) is 0 Å². The molecule has 2 N–H and O–H groups in total. The number of imide groups is 1. The van der Waals surface area contributed by atoms with Gasteiger partial charge in [-0.15, -0.1) is 0 Å². The van der Waals surface area contributed by atoms with Gasteiger partial charge in [-0.25, -0.2) is 0 Å². The number of amides is 2. The molecule has 4 heteroatoms. The van der Waals surface area contributed by atoms with E-state index < -0.39 is 0 Å². The molecule has 0 aliphatic carbocycles. The lowest BCUT2D eigenvalue weighted by Gasteiger charge is -2.24. The van der Waals surface area contributed by atoms with Crippen molar-refractivity contribution in [2.45, 2.75) is 39.7 Å². The average Bonchev–Trinajstić information content (AvgIpc) is 2.65. The first-order valence-corrected chi connectivity index (χ1v) is 6.71. The normalized spacial score (nSPS) is 15.9. The number of carbonyl (C=O) groups excluding carboxylic acids is 2. The summed E-state index contributed by atoms with van der Waals surface area (Å²) < 4.78 is 0. The van der Waals surface area contributed by atoms with Crippen LogP contribution in [0.15, 0.2) is 12.1 Å². The second-order valence-electron chi connectivity index (χ2n) is 5.11. The van der Waals surface area contributed by atoms with Crippen LogP contribution in [0.4, 0.5) is 0 Å². The number of nitrogens with zero attached hydrogens (tertiary/aromatic N) is 1. The summed E-state index contributed by atoms with van der Waals surface area (Å²) in [4.78, 5) is 26.4. The fraction of sp³-hybridized carbons (Fsp3) is 0.467. The van der Waals surface area contributed by atoms with E-state index in [1.54, 1.807) is 0 Å². The third-order valence-electron chi connectivity index (χ3n) is 3.75. The van der Waals surface area contributed by atoms with Crippen LogP contribution in [0, 0.1) is 13.8 Å². The number of hydrogen-bond donors (Lipinski definition) is 1. The molecule has 0 saturated carbocycles. The smallest absolute Gasteiger partial charge is 0.262 e. The molecule has 0 spiro atoms. The maximum Gasteiger partial charge on any atom is 0.262 e. The third-order valence-corrected chi connectivity index (χ3v) is 3.75. The number of fused-ring (bicyclic) bond motifs is 1. The molecule has 0 bridgehead atoms. The van der Waals surface area contributed by atoms with Crippen molar-refractivity contribution in [2.75, 3.05) is 6.54 Å². The zero-order chi connectivity index (χ0) is 14.2. The summed E-state index contributed by atoms with van der Waals surface area (Å²) in [6.07, 6.45) is 1.65. The van der Waals surface area contributed by atoms with Crippen LogP contribution in [-0.2, 0) is 0 Å². The number of carbonyl (C=O) groups is 2. The summed E-state index contributed by atoms with van der Waals surface area (Å²) in [5, 5.41) is 0. The Bertz CT molecular complexity index is 496. The largest absolute Gasteiger partial charge is 0.328 e. The summed E-state index contributed by atoms with van der Waals surface area (Å²) >= 11 is 0. The SMILES string of the molecule is CCCC(CN)N1C(=O)c2c(C)ccc(C)c2C1=O. The molecule has 1 unspecified atom stereocenters. The molecule has 1 atom stereocenters. The van der Waals surface area contributed by atoms with Gasteiger partial charge in [0.25, 0.3) is 11.8 Å². The molecule has 2 rings (SSSR count). The maximum absolute atomic E-state index is 12.5. The topological polar surface area (TPSA) is 63.4 Å². The van der Waals surface area contributed by atoms with Gasteiger partial charge in [0, 0.05) is 6.54 Å². The fourth-order valence-electron chi connectivity index (χ4n) is 2.71. The van der Waals surface area contributed by atoms with Crippen LogP contribution in [-0.4, -0.2) is 29.3 Å². The van der Waals surface area contributed by atoms with E-state index in [1.165, 1.54) is 4.90 Å². The van der Waals surface area contributed by atoms with Gasteiger partial charge >= 0.3 is 0 Å². The van der Waals surface area contributed by atoms with Crippen molar-refractivity contribution in [1.29, 1.82) is 0 Å². The van der Waals surface area contributed by atoms with E-state index in [9.17, 15) is 9.59 Å². The molecule has 102 valence electrons. The Balaban J connectivity index is 2.50. The number of nitrogens with two attached hydrogens (primary N) is 1. The van der Waals surface area contributed by atoms with Crippen LogP contribution >= 0.6 is 0 Å². The lowest BCUT2D eigenvalue weighted by atomic mass is 9.99. The van der Waals surface area contributed by atoms with Gasteiger partial charge in [-0.05, 0) is 31.4 Å². The molecule has 1 aliphatic rings. The van der Waals surface area contributed by atoms with Gasteiger partial charge < -0.3 is 5.73 Å². The highest BCUT2D eigenvalue weighted by atomic mass is 16.2. The Morgan fingerprint density at radius 2 is 1.58 bits per heavy atom. The summed E-state index contributed by atoms with van der Waals surface area (Å²) in [5.74, 6) is -0.379. The number of rotatable bonds is 4. The summed E-state index contributed by atoms with van der Waals surface area (Å²) in [5.41, 5.74) is 8.55. The van der Waals surface area contributed by atoms with Crippen molar-refractivity contribution in [3.63, 3.8) is 0 Å². The Morgan fingerprint density at radius 3 is 1.95 bits per heavy atom. The molecule has 1 aliphatic heterocycles. The highest BCUT2D eigenvalue weighted by molar-refractivity contribution is 6.22. The maximum atomic E-state index is 12.5. The minimum absolute atomic E-state index is 0.190. The molecule has 0 aromatic heterocycles. The monoisotopic (exact) mass is 260 g/mol. The fourth-order valence-corrected chi connectivity index (χ4v) is 2.71. The molecule has 0 fully saturated rings. The molecular weight excluding hydrogens is 240 g/mol. The van der Waals surface area contributed by atoms with Crippen LogP contribution in [0.2, 0.25) is 0 Å². The van der Waals surface area contributed by atoms with Gasteiger partial charge in [-0.3, -0.25) is 14.5 Å². The standard InChI is InChI=1S/C15H20N2O2/c1-4-5-11(8-16)17-14(18)12-9(2)6-7-10(3)13(12)15(17)19/h6-7,11H,4-5,8,16H2,1-3H3. The minimum atomic E-state index is -0.198. The molecule has 4 nitrogen and oxygen atoms in total. The van der Waals surface area contributed by atoms with Crippen molar-refractivity contribution in [1.82, 2.24) is 4.90 Å². The molecule has 1 aromatic rings. The molecule has 1 heterocycles. The molecule has 0 saturated heterocycles. The highest BCUT2D eigenvalue weighted by Gasteiger charge is 2.40. The Morgan fingerprint density at radius 1 is 1.11 bits per heavy atom. The first kappa shape index (κ1) is 13.7. The van der Waals surface area contributed by atoms with Gasteiger partial charge in [0.1, 0.15) is 0 Å². The summed E-state index contributed by atoms with van der Waals surface area (Å²) in [6, 6.07) is 3.58. The molecule has 2 amide bonds. The van der Waals surface area contributed by atoms with E-state index >= 15 is 0 Å². The minimum Gasteiger partial charge on any atom is -0.328 e. The van der Waals surface area contributed by atoms with Crippen molar-refractivity contribution in [2.24, 2.45) is 5.73 Å². The van der Waals surface area contributed by atoms with E-state index in [0.29, 0.717) is 17.7 Å². The third kappa shape index (κ3) is 2.06. The predicted octanol–water partition coefficient (Wildman–Crippen LogP) is 2.03. The zero-order valence-corrected chi connectivity index (χ0v) is 11.7. The second-order valence-corrected chi connectivity index (χ2v) is 5.11. The van der Waals surface area contributed by atoms with Crippen molar-refractivity contribution in [3.8, 4) is 0 Å². The van der Waals surface area contributed by atoms with E-state index in [1.807, 2.05) is 32.9 Å². The van der Waals surface area contributed by atoms with Crippen molar-refractivity contribution in [3.05, 3.63) is 34.4 Å². The van der Waals surface area contributed by atoms with Crippen LogP contribution in [0.25, 0.3) is 0 Å². The lowest BCUT2D eigenvalue weighted by molar-refractivity contribution is 0.0581.